The fourth-order valence-electron chi connectivity index (χ4n) is 2.55. The van der Waals surface area contributed by atoms with Gasteiger partial charge in [0.15, 0.2) is 0 Å². The first-order valence-electron chi connectivity index (χ1n) is 8.40. The van der Waals surface area contributed by atoms with Gasteiger partial charge >= 0.3 is 6.09 Å². The van der Waals surface area contributed by atoms with Gasteiger partial charge in [-0.15, -0.1) is 12.4 Å². The molecule has 0 heterocycles. The van der Waals surface area contributed by atoms with Crippen LogP contribution in [-0.2, 0) is 0 Å². The zero-order chi connectivity index (χ0) is 19.1. The Morgan fingerprint density at radius 1 is 1.04 bits per heavy atom. The minimum atomic E-state index is -0.396. The summed E-state index contributed by atoms with van der Waals surface area (Å²) in [4.78, 5) is 15.3. The normalized spacial score (nSPS) is 11.5. The molecular weight excluding hydrogens is 387 g/mol. The lowest BCUT2D eigenvalue weighted by molar-refractivity contribution is 0.171. The predicted octanol–water partition coefficient (Wildman–Crippen LogP) is 4.89. The molecule has 27 heavy (non-hydrogen) atoms. The highest BCUT2D eigenvalue weighted by Gasteiger charge is 2.16. The summed E-state index contributed by atoms with van der Waals surface area (Å²) >= 11 is 5.98. The SMILES string of the molecule is CN(C)C(=O)Oc1cccc(C(CCOc2cccc(Cl)c2)N(C)C)c1.Cl. The number of benzene rings is 2. The van der Waals surface area contributed by atoms with Crippen molar-refractivity contribution in [2.24, 2.45) is 0 Å². The van der Waals surface area contributed by atoms with Crippen molar-refractivity contribution in [3.05, 3.63) is 59.1 Å². The van der Waals surface area contributed by atoms with E-state index in [1.54, 1.807) is 26.2 Å². The van der Waals surface area contributed by atoms with Crippen LogP contribution in [0.4, 0.5) is 4.79 Å². The molecule has 0 fully saturated rings. The fourth-order valence-corrected chi connectivity index (χ4v) is 2.73. The molecule has 0 spiro atoms. The van der Waals surface area contributed by atoms with E-state index in [-0.39, 0.29) is 18.4 Å². The van der Waals surface area contributed by atoms with Gasteiger partial charge in [-0.2, -0.15) is 0 Å². The van der Waals surface area contributed by atoms with Gasteiger partial charge in [-0.3, -0.25) is 0 Å². The highest BCUT2D eigenvalue weighted by Crippen LogP contribution is 2.26. The number of rotatable bonds is 7. The number of carbonyl (C=O) groups excluding carboxylic acids is 1. The molecule has 2 aromatic rings. The third kappa shape index (κ3) is 7.29. The first-order valence-corrected chi connectivity index (χ1v) is 8.78. The van der Waals surface area contributed by atoms with E-state index >= 15 is 0 Å². The summed E-state index contributed by atoms with van der Waals surface area (Å²) in [5.74, 6) is 1.28. The lowest BCUT2D eigenvalue weighted by atomic mass is 10.0. The van der Waals surface area contributed by atoms with E-state index in [1.165, 1.54) is 4.90 Å². The number of halogens is 2. The minimum Gasteiger partial charge on any atom is -0.493 e. The van der Waals surface area contributed by atoms with Crippen LogP contribution in [0, 0.1) is 0 Å². The molecule has 2 rings (SSSR count). The first-order chi connectivity index (χ1) is 12.4. The summed E-state index contributed by atoms with van der Waals surface area (Å²) in [5.41, 5.74) is 1.06. The van der Waals surface area contributed by atoms with Gasteiger partial charge in [-0.05, 0) is 50.0 Å². The molecule has 0 aliphatic rings. The zero-order valence-corrected chi connectivity index (χ0v) is 17.6. The predicted molar refractivity (Wildman–Crippen MR) is 111 cm³/mol. The van der Waals surface area contributed by atoms with Gasteiger partial charge in [0.1, 0.15) is 11.5 Å². The molecule has 1 amide bonds. The molecular formula is C20H26Cl2N2O3. The third-order valence-electron chi connectivity index (χ3n) is 3.89. The average Bonchev–Trinajstić information content (AvgIpc) is 2.58. The molecule has 0 saturated heterocycles. The smallest absolute Gasteiger partial charge is 0.414 e. The molecule has 0 aliphatic heterocycles. The summed E-state index contributed by atoms with van der Waals surface area (Å²) in [7, 11) is 7.34. The van der Waals surface area contributed by atoms with E-state index in [9.17, 15) is 4.79 Å². The van der Waals surface area contributed by atoms with Gasteiger partial charge < -0.3 is 19.3 Å². The fraction of sp³-hybridized carbons (Fsp3) is 0.350. The van der Waals surface area contributed by atoms with E-state index in [1.807, 2.05) is 50.5 Å². The quantitative estimate of drug-likeness (QED) is 0.648. The second-order valence-electron chi connectivity index (χ2n) is 6.41. The van der Waals surface area contributed by atoms with Gasteiger partial charge in [0.25, 0.3) is 0 Å². The molecule has 0 bridgehead atoms. The molecule has 148 valence electrons. The molecule has 0 aromatic heterocycles. The van der Waals surface area contributed by atoms with Crippen molar-refractivity contribution in [2.75, 3.05) is 34.8 Å². The number of nitrogens with zero attached hydrogens (tertiary/aromatic N) is 2. The Kier molecular flexibility index (Phi) is 9.43. The van der Waals surface area contributed by atoms with Crippen molar-refractivity contribution in [3.8, 4) is 11.5 Å². The molecule has 0 aliphatic carbocycles. The largest absolute Gasteiger partial charge is 0.493 e. The van der Waals surface area contributed by atoms with Crippen LogP contribution in [0.5, 0.6) is 11.5 Å². The summed E-state index contributed by atoms with van der Waals surface area (Å²) in [6.45, 7) is 0.547. The molecule has 0 radical (unpaired) electrons. The van der Waals surface area contributed by atoms with Gasteiger partial charge in [0.2, 0.25) is 0 Å². The molecule has 2 aromatic carbocycles. The van der Waals surface area contributed by atoms with Crippen molar-refractivity contribution in [2.45, 2.75) is 12.5 Å². The average molecular weight is 413 g/mol. The van der Waals surface area contributed by atoms with Gasteiger partial charge in [-0.25, -0.2) is 4.79 Å². The Morgan fingerprint density at radius 3 is 2.33 bits per heavy atom. The number of hydrogen-bond donors (Lipinski definition) is 0. The number of ether oxygens (including phenoxy) is 2. The molecule has 5 nitrogen and oxygen atoms in total. The summed E-state index contributed by atoms with van der Waals surface area (Å²) in [6, 6.07) is 15.1. The Hall–Kier alpha value is -1.95. The zero-order valence-electron chi connectivity index (χ0n) is 16.0. The molecule has 1 unspecified atom stereocenters. The van der Waals surface area contributed by atoms with Gasteiger partial charge in [-0.1, -0.05) is 29.8 Å². The highest BCUT2D eigenvalue weighted by atomic mass is 35.5. The van der Waals surface area contributed by atoms with Crippen molar-refractivity contribution in [1.82, 2.24) is 9.80 Å². The van der Waals surface area contributed by atoms with Crippen LogP contribution < -0.4 is 9.47 Å². The lowest BCUT2D eigenvalue weighted by Gasteiger charge is -2.25. The minimum absolute atomic E-state index is 0. The first kappa shape index (κ1) is 23.1. The molecule has 0 N–H and O–H groups in total. The van der Waals surface area contributed by atoms with Crippen LogP contribution in [0.1, 0.15) is 18.0 Å². The van der Waals surface area contributed by atoms with E-state index in [0.29, 0.717) is 17.4 Å². The Labute approximate surface area is 172 Å². The molecule has 1 atom stereocenters. The van der Waals surface area contributed by atoms with Crippen LogP contribution in [0.25, 0.3) is 0 Å². The monoisotopic (exact) mass is 412 g/mol. The van der Waals surface area contributed by atoms with E-state index in [4.69, 9.17) is 21.1 Å². The second-order valence-corrected chi connectivity index (χ2v) is 6.85. The Morgan fingerprint density at radius 2 is 1.70 bits per heavy atom. The van der Waals surface area contributed by atoms with Crippen molar-refractivity contribution < 1.29 is 14.3 Å². The standard InChI is InChI=1S/C20H25ClN2O3.ClH/c1-22(2)19(11-12-25-17-9-6-8-16(21)14-17)15-7-5-10-18(13-15)26-20(24)23(3)4;/h5-10,13-14,19H,11-12H2,1-4H3;1H. The maximum absolute atomic E-state index is 11.7. The Balaban J connectivity index is 0.00000364. The maximum atomic E-state index is 11.7. The number of amides is 1. The molecule has 7 heteroatoms. The lowest BCUT2D eigenvalue weighted by Crippen LogP contribution is -2.25. The summed E-state index contributed by atoms with van der Waals surface area (Å²) in [6.07, 6.45) is 0.387. The molecule has 0 saturated carbocycles. The van der Waals surface area contributed by atoms with Crippen molar-refractivity contribution >= 4 is 30.1 Å². The van der Waals surface area contributed by atoms with Crippen molar-refractivity contribution in [1.29, 1.82) is 0 Å². The van der Waals surface area contributed by atoms with E-state index in [2.05, 4.69) is 4.90 Å². The van der Waals surface area contributed by atoms with Gasteiger partial charge in [0.05, 0.1) is 6.61 Å². The van der Waals surface area contributed by atoms with Gasteiger partial charge in [0, 0.05) is 31.6 Å². The number of hydrogen-bond acceptors (Lipinski definition) is 4. The van der Waals surface area contributed by atoms with E-state index < -0.39 is 6.09 Å². The summed E-state index contributed by atoms with van der Waals surface area (Å²) < 4.78 is 11.2. The summed E-state index contributed by atoms with van der Waals surface area (Å²) in [5, 5.41) is 0.655. The highest BCUT2D eigenvalue weighted by molar-refractivity contribution is 6.30. The van der Waals surface area contributed by atoms with Crippen LogP contribution in [0.3, 0.4) is 0 Å². The van der Waals surface area contributed by atoms with Crippen molar-refractivity contribution in [3.63, 3.8) is 0 Å². The van der Waals surface area contributed by atoms with Crippen LogP contribution >= 0.6 is 24.0 Å². The topological polar surface area (TPSA) is 42.0 Å². The van der Waals surface area contributed by atoms with E-state index in [0.717, 1.165) is 17.7 Å². The number of carbonyl (C=O) groups is 1. The maximum Gasteiger partial charge on any atom is 0.414 e. The van der Waals surface area contributed by atoms with Crippen LogP contribution in [0.2, 0.25) is 5.02 Å². The van der Waals surface area contributed by atoms with Crippen LogP contribution in [0.15, 0.2) is 48.5 Å². The second kappa shape index (κ2) is 11.0. The third-order valence-corrected chi connectivity index (χ3v) is 4.13. The van der Waals surface area contributed by atoms with Crippen LogP contribution in [-0.4, -0.2) is 50.7 Å². The Bertz CT molecular complexity index is 739.